The van der Waals surface area contributed by atoms with E-state index in [1.807, 2.05) is 0 Å². The number of nitrogens with two attached hydrogens (primary N) is 1. The van der Waals surface area contributed by atoms with Crippen LogP contribution in [0.4, 0.5) is 5.69 Å². The van der Waals surface area contributed by atoms with Gasteiger partial charge in [0.2, 0.25) is 0 Å². The lowest BCUT2D eigenvalue weighted by Crippen LogP contribution is -2.10. The minimum atomic E-state index is -0.215. The first-order valence-electron chi connectivity index (χ1n) is 6.06. The van der Waals surface area contributed by atoms with Crippen molar-refractivity contribution in [2.24, 2.45) is 5.73 Å². The van der Waals surface area contributed by atoms with E-state index in [0.29, 0.717) is 28.6 Å². The van der Waals surface area contributed by atoms with Crippen LogP contribution in [0.2, 0.25) is 5.02 Å². The zero-order valence-corrected chi connectivity index (χ0v) is 12.8. The average Bonchev–Trinajstić information content (AvgIpc) is 2.94. The van der Waals surface area contributed by atoms with Crippen molar-refractivity contribution in [2.75, 3.05) is 19.0 Å². The second-order valence-electron chi connectivity index (χ2n) is 4.01. The normalized spacial score (nSPS) is 9.67. The lowest BCUT2D eigenvalue weighted by Gasteiger charge is -2.07. The lowest BCUT2D eigenvalue weighted by atomic mass is 10.2. The van der Waals surface area contributed by atoms with Crippen LogP contribution in [0.5, 0.6) is 5.75 Å². The maximum Gasteiger partial charge on any atom is 0.256 e. The van der Waals surface area contributed by atoms with E-state index in [-0.39, 0.29) is 5.91 Å². The Morgan fingerprint density at radius 3 is 2.95 bits per heavy atom. The van der Waals surface area contributed by atoms with Gasteiger partial charge in [0.25, 0.3) is 5.91 Å². The first-order valence-corrected chi connectivity index (χ1v) is 7.32. The number of benzene rings is 1. The quantitative estimate of drug-likeness (QED) is 0.855. The van der Waals surface area contributed by atoms with Crippen molar-refractivity contribution in [3.63, 3.8) is 0 Å². The van der Waals surface area contributed by atoms with Crippen LogP contribution in [0, 0.1) is 11.8 Å². The maximum absolute atomic E-state index is 12.1. The van der Waals surface area contributed by atoms with Gasteiger partial charge in [-0.15, -0.1) is 11.3 Å². The standard InChI is InChI=1S/C15H13ClN2O2S/c1-20-14-5-4-11(8-13(14)16)18-15(19)10-7-12(21-9-10)3-2-6-17/h4-5,7-9H,6,17H2,1H3,(H,18,19). The molecule has 2 rings (SSSR count). The molecule has 4 nitrogen and oxygen atoms in total. The van der Waals surface area contributed by atoms with Gasteiger partial charge in [-0.2, -0.15) is 0 Å². The Morgan fingerprint density at radius 2 is 2.29 bits per heavy atom. The number of halogens is 1. The smallest absolute Gasteiger partial charge is 0.256 e. The molecule has 1 heterocycles. The summed E-state index contributed by atoms with van der Waals surface area (Å²) in [5.74, 6) is 5.99. The molecule has 0 spiro atoms. The molecule has 0 radical (unpaired) electrons. The van der Waals surface area contributed by atoms with Gasteiger partial charge in [0, 0.05) is 11.1 Å². The van der Waals surface area contributed by atoms with Crippen LogP contribution in [0.25, 0.3) is 0 Å². The third-order valence-corrected chi connectivity index (χ3v) is 3.73. The van der Waals surface area contributed by atoms with Gasteiger partial charge in [0.05, 0.1) is 29.1 Å². The van der Waals surface area contributed by atoms with E-state index in [0.717, 1.165) is 4.88 Å². The van der Waals surface area contributed by atoms with E-state index in [1.165, 1.54) is 18.4 Å². The fourth-order valence-electron chi connectivity index (χ4n) is 1.61. The van der Waals surface area contributed by atoms with Crippen molar-refractivity contribution in [3.05, 3.63) is 45.1 Å². The zero-order chi connectivity index (χ0) is 15.2. The summed E-state index contributed by atoms with van der Waals surface area (Å²) in [4.78, 5) is 12.9. The Balaban J connectivity index is 2.10. The summed E-state index contributed by atoms with van der Waals surface area (Å²) >= 11 is 7.42. The Kier molecular flexibility index (Phi) is 5.23. The van der Waals surface area contributed by atoms with Crippen LogP contribution in [0.15, 0.2) is 29.6 Å². The summed E-state index contributed by atoms with van der Waals surface area (Å²) in [6, 6.07) is 6.79. The second kappa shape index (κ2) is 7.14. The molecule has 1 aromatic heterocycles. The number of amides is 1. The number of carbonyl (C=O) groups excluding carboxylic acids is 1. The predicted molar refractivity (Wildman–Crippen MR) is 86.2 cm³/mol. The predicted octanol–water partition coefficient (Wildman–Crippen LogP) is 2.97. The van der Waals surface area contributed by atoms with Gasteiger partial charge < -0.3 is 15.8 Å². The summed E-state index contributed by atoms with van der Waals surface area (Å²) in [6.45, 7) is 0.295. The second-order valence-corrected chi connectivity index (χ2v) is 5.33. The topological polar surface area (TPSA) is 64.3 Å². The first kappa shape index (κ1) is 15.4. The Hall–Kier alpha value is -2.00. The molecule has 2 aromatic rings. The minimum Gasteiger partial charge on any atom is -0.495 e. The van der Waals surface area contributed by atoms with Crippen molar-refractivity contribution < 1.29 is 9.53 Å². The summed E-state index contributed by atoms with van der Waals surface area (Å²) in [6.07, 6.45) is 0. The summed E-state index contributed by atoms with van der Waals surface area (Å²) in [5.41, 5.74) is 6.46. The van der Waals surface area contributed by atoms with Gasteiger partial charge in [-0.1, -0.05) is 23.4 Å². The number of rotatable bonds is 3. The van der Waals surface area contributed by atoms with E-state index in [4.69, 9.17) is 22.1 Å². The van der Waals surface area contributed by atoms with Crippen LogP contribution in [0.3, 0.4) is 0 Å². The number of nitrogens with one attached hydrogen (secondary N) is 1. The summed E-state index contributed by atoms with van der Waals surface area (Å²) in [5, 5.41) is 4.97. The molecule has 1 aromatic carbocycles. The number of hydrogen-bond acceptors (Lipinski definition) is 4. The number of anilines is 1. The number of thiophene rings is 1. The van der Waals surface area contributed by atoms with E-state index < -0.39 is 0 Å². The molecule has 1 amide bonds. The molecular weight excluding hydrogens is 308 g/mol. The highest BCUT2D eigenvalue weighted by Crippen LogP contribution is 2.27. The van der Waals surface area contributed by atoms with Gasteiger partial charge in [-0.05, 0) is 24.3 Å². The Bertz CT molecular complexity index is 716. The number of methoxy groups -OCH3 is 1. The molecule has 108 valence electrons. The van der Waals surface area contributed by atoms with Crippen molar-refractivity contribution in [2.45, 2.75) is 0 Å². The van der Waals surface area contributed by atoms with Crippen LogP contribution >= 0.6 is 22.9 Å². The largest absolute Gasteiger partial charge is 0.495 e. The van der Waals surface area contributed by atoms with Crippen molar-refractivity contribution in [3.8, 4) is 17.6 Å². The van der Waals surface area contributed by atoms with Crippen molar-refractivity contribution in [1.82, 2.24) is 0 Å². The third-order valence-electron chi connectivity index (χ3n) is 2.58. The summed E-state index contributed by atoms with van der Waals surface area (Å²) < 4.78 is 5.06. The molecule has 0 unspecified atom stereocenters. The SMILES string of the molecule is COc1ccc(NC(=O)c2csc(C#CCN)c2)cc1Cl. The monoisotopic (exact) mass is 320 g/mol. The van der Waals surface area contributed by atoms with E-state index in [1.54, 1.807) is 29.6 Å². The van der Waals surface area contributed by atoms with Gasteiger partial charge in [-0.25, -0.2) is 0 Å². The number of hydrogen-bond donors (Lipinski definition) is 2. The molecule has 0 aliphatic carbocycles. The Morgan fingerprint density at radius 1 is 1.48 bits per heavy atom. The maximum atomic E-state index is 12.1. The van der Waals surface area contributed by atoms with Crippen LogP contribution in [-0.2, 0) is 0 Å². The highest BCUT2D eigenvalue weighted by molar-refractivity contribution is 7.10. The van der Waals surface area contributed by atoms with Gasteiger partial charge >= 0.3 is 0 Å². The highest BCUT2D eigenvalue weighted by Gasteiger charge is 2.10. The van der Waals surface area contributed by atoms with Crippen molar-refractivity contribution in [1.29, 1.82) is 0 Å². The average molecular weight is 321 g/mol. The molecule has 21 heavy (non-hydrogen) atoms. The molecule has 6 heteroatoms. The molecule has 3 N–H and O–H groups in total. The number of carbonyl (C=O) groups is 1. The summed E-state index contributed by atoms with van der Waals surface area (Å²) in [7, 11) is 1.54. The molecule has 0 saturated carbocycles. The molecular formula is C15H13ClN2O2S. The minimum absolute atomic E-state index is 0.215. The third kappa shape index (κ3) is 3.99. The molecule has 0 saturated heterocycles. The fourth-order valence-corrected chi connectivity index (χ4v) is 2.62. The lowest BCUT2D eigenvalue weighted by molar-refractivity contribution is 0.102. The molecule has 0 bridgehead atoms. The highest BCUT2D eigenvalue weighted by atomic mass is 35.5. The molecule has 0 aliphatic heterocycles. The van der Waals surface area contributed by atoms with Crippen LogP contribution in [-0.4, -0.2) is 19.6 Å². The van der Waals surface area contributed by atoms with Crippen LogP contribution < -0.4 is 15.8 Å². The Labute approximate surface area is 131 Å². The molecule has 0 atom stereocenters. The van der Waals surface area contributed by atoms with Gasteiger partial charge in [0.1, 0.15) is 5.75 Å². The van der Waals surface area contributed by atoms with Crippen molar-refractivity contribution >= 4 is 34.5 Å². The fraction of sp³-hybridized carbons (Fsp3) is 0.133. The van der Waals surface area contributed by atoms with E-state index in [2.05, 4.69) is 17.2 Å². The molecule has 0 fully saturated rings. The van der Waals surface area contributed by atoms with E-state index >= 15 is 0 Å². The number of ether oxygens (including phenoxy) is 1. The first-order chi connectivity index (χ1) is 10.1. The van der Waals surface area contributed by atoms with Gasteiger partial charge in [-0.3, -0.25) is 4.79 Å². The van der Waals surface area contributed by atoms with E-state index in [9.17, 15) is 4.79 Å². The molecule has 0 aliphatic rings. The zero-order valence-electron chi connectivity index (χ0n) is 11.3. The van der Waals surface area contributed by atoms with Gasteiger partial charge in [0.15, 0.2) is 0 Å². The van der Waals surface area contributed by atoms with Crippen LogP contribution in [0.1, 0.15) is 15.2 Å².